The van der Waals surface area contributed by atoms with E-state index in [9.17, 15) is 24.0 Å². The Morgan fingerprint density at radius 3 is 2.29 bits per heavy atom. The van der Waals surface area contributed by atoms with Gasteiger partial charge < -0.3 is 10.1 Å². The van der Waals surface area contributed by atoms with Crippen LogP contribution in [-0.4, -0.2) is 41.3 Å². The third-order valence-electron chi connectivity index (χ3n) is 8.68. The minimum Gasteiger partial charge on any atom is -0.457 e. The lowest BCUT2D eigenvalue weighted by Crippen LogP contribution is -2.31. The van der Waals surface area contributed by atoms with Crippen molar-refractivity contribution in [3.05, 3.63) is 138 Å². The molecule has 1 saturated heterocycles. The van der Waals surface area contributed by atoms with E-state index in [4.69, 9.17) is 4.74 Å². The lowest BCUT2D eigenvalue weighted by molar-refractivity contribution is -0.143. The summed E-state index contributed by atoms with van der Waals surface area (Å²) in [5.41, 5.74) is 7.25. The molecule has 1 atom stereocenters. The minimum atomic E-state index is -0.651. The van der Waals surface area contributed by atoms with Crippen molar-refractivity contribution < 1.29 is 28.7 Å². The van der Waals surface area contributed by atoms with Crippen LogP contribution in [0.25, 0.3) is 11.1 Å². The zero-order valence-corrected chi connectivity index (χ0v) is 28.7. The monoisotopic (exact) mass is 708 g/mol. The van der Waals surface area contributed by atoms with Crippen molar-refractivity contribution in [3.8, 4) is 11.1 Å². The summed E-state index contributed by atoms with van der Waals surface area (Å²) in [4.78, 5) is 65.8. The first kappa shape index (κ1) is 34.3. The molecule has 7 rings (SSSR count). The van der Waals surface area contributed by atoms with Gasteiger partial charge in [0.25, 0.3) is 0 Å². The second kappa shape index (κ2) is 15.4. The number of ketones is 1. The Morgan fingerprint density at radius 1 is 0.750 bits per heavy atom. The molecule has 52 heavy (non-hydrogen) atoms. The molecule has 0 unspecified atom stereocenters. The number of thioether (sulfide) groups is 1. The summed E-state index contributed by atoms with van der Waals surface area (Å²) >= 11 is 1.24. The van der Waals surface area contributed by atoms with E-state index in [1.165, 1.54) is 27.8 Å². The Morgan fingerprint density at radius 2 is 1.48 bits per heavy atom. The number of nitrogens with zero attached hydrogens (tertiary/aromatic N) is 3. The molecule has 1 aliphatic carbocycles. The molecule has 258 valence electrons. The maximum Gasteiger partial charge on any atom is 0.306 e. The molecule has 10 nitrogen and oxygen atoms in total. The molecule has 1 aliphatic heterocycles. The molecule has 2 aliphatic rings. The number of hydrogen-bond acceptors (Lipinski definition) is 9. The number of azo groups is 1. The largest absolute Gasteiger partial charge is 0.457 e. The third-order valence-corrected chi connectivity index (χ3v) is 9.86. The highest BCUT2D eigenvalue weighted by atomic mass is 32.2. The molecule has 0 radical (unpaired) electrons. The predicted octanol–water partition coefficient (Wildman–Crippen LogP) is 8.24. The van der Waals surface area contributed by atoms with Crippen LogP contribution in [-0.2, 0) is 30.3 Å². The van der Waals surface area contributed by atoms with Crippen LogP contribution in [0.4, 0.5) is 22.7 Å². The Labute approximate surface area is 303 Å². The number of ether oxygens (including phenoxy) is 1. The standard InChI is InChI=1S/C41H32N4O6S/c46-36(27-13-18-35-28(22-27)21-26-7-4-5-12-34(26)35)25-51-40(49)20-19-38(47)42-31-10-6-11-33(23-31)52-37-24-39(48)45(41(37)50)32-16-14-30(15-17-32)44-43-29-8-2-1-3-9-29/h1-18,22-23,37H,19-21,24-25H2,(H,42,47)/t37-/m1/s1. The first-order valence-electron chi connectivity index (χ1n) is 16.7. The molecular formula is C41H32N4O6S. The first-order chi connectivity index (χ1) is 25.3. The van der Waals surface area contributed by atoms with Gasteiger partial charge in [-0.25, -0.2) is 4.90 Å². The highest BCUT2D eigenvalue weighted by Gasteiger charge is 2.40. The second-order valence-corrected chi connectivity index (χ2v) is 13.6. The van der Waals surface area contributed by atoms with Gasteiger partial charge in [-0.2, -0.15) is 10.2 Å². The number of hydrogen-bond donors (Lipinski definition) is 1. The molecule has 0 saturated carbocycles. The van der Waals surface area contributed by atoms with Gasteiger partial charge in [-0.3, -0.25) is 24.0 Å². The molecule has 1 fully saturated rings. The fourth-order valence-electron chi connectivity index (χ4n) is 6.12. The number of esters is 1. The number of fused-ring (bicyclic) bond motifs is 3. The van der Waals surface area contributed by atoms with Crippen LogP contribution in [0, 0.1) is 0 Å². The summed E-state index contributed by atoms with van der Waals surface area (Å²) < 4.78 is 5.18. The second-order valence-electron chi connectivity index (χ2n) is 12.3. The molecule has 5 aromatic carbocycles. The minimum absolute atomic E-state index is 0.0287. The summed E-state index contributed by atoms with van der Waals surface area (Å²) in [6.07, 6.45) is 0.443. The van der Waals surface area contributed by atoms with E-state index in [1.807, 2.05) is 54.6 Å². The topological polar surface area (TPSA) is 135 Å². The molecule has 1 heterocycles. The zero-order chi connectivity index (χ0) is 36.0. The maximum absolute atomic E-state index is 13.3. The number of nitrogens with one attached hydrogen (secondary N) is 1. The predicted molar refractivity (Wildman–Crippen MR) is 198 cm³/mol. The van der Waals surface area contributed by atoms with Crippen LogP contribution in [0.1, 0.15) is 40.7 Å². The van der Waals surface area contributed by atoms with Gasteiger partial charge in [0.2, 0.25) is 17.7 Å². The van der Waals surface area contributed by atoms with Crippen molar-refractivity contribution in [1.29, 1.82) is 0 Å². The van der Waals surface area contributed by atoms with Gasteiger partial charge in [0.1, 0.15) is 0 Å². The number of amides is 3. The number of Topliss-reactive ketones (excluding diaryl/α,β-unsaturated/α-hetero) is 1. The normalized spacial score (nSPS) is 14.7. The fourth-order valence-corrected chi connectivity index (χ4v) is 7.23. The van der Waals surface area contributed by atoms with Crippen molar-refractivity contribution in [2.24, 2.45) is 10.2 Å². The number of anilines is 2. The van der Waals surface area contributed by atoms with E-state index in [1.54, 1.807) is 54.6 Å². The van der Waals surface area contributed by atoms with E-state index in [0.717, 1.165) is 17.5 Å². The van der Waals surface area contributed by atoms with Gasteiger partial charge in [0.15, 0.2) is 12.4 Å². The van der Waals surface area contributed by atoms with Crippen molar-refractivity contribution in [3.63, 3.8) is 0 Å². The Kier molecular flexibility index (Phi) is 10.1. The van der Waals surface area contributed by atoms with Gasteiger partial charge in [0, 0.05) is 29.0 Å². The van der Waals surface area contributed by atoms with E-state index >= 15 is 0 Å². The Hall–Kier alpha value is -6.20. The lowest BCUT2D eigenvalue weighted by atomic mass is 10.0. The highest BCUT2D eigenvalue weighted by Crippen LogP contribution is 2.37. The Balaban J connectivity index is 0.867. The zero-order valence-electron chi connectivity index (χ0n) is 27.9. The van der Waals surface area contributed by atoms with Crippen molar-refractivity contribution in [2.75, 3.05) is 16.8 Å². The van der Waals surface area contributed by atoms with E-state index in [0.29, 0.717) is 33.2 Å². The van der Waals surface area contributed by atoms with Crippen LogP contribution >= 0.6 is 11.8 Å². The lowest BCUT2D eigenvalue weighted by Gasteiger charge is -2.15. The van der Waals surface area contributed by atoms with Crippen LogP contribution in [0.3, 0.4) is 0 Å². The van der Waals surface area contributed by atoms with E-state index in [-0.39, 0.29) is 36.9 Å². The van der Waals surface area contributed by atoms with E-state index < -0.39 is 23.7 Å². The van der Waals surface area contributed by atoms with Crippen LogP contribution in [0.5, 0.6) is 0 Å². The van der Waals surface area contributed by atoms with Gasteiger partial charge in [-0.05, 0) is 89.3 Å². The average molecular weight is 709 g/mol. The summed E-state index contributed by atoms with van der Waals surface area (Å²) in [6.45, 7) is -0.405. The highest BCUT2D eigenvalue weighted by molar-refractivity contribution is 8.00. The molecular weight excluding hydrogens is 677 g/mol. The van der Waals surface area contributed by atoms with Gasteiger partial charge in [-0.1, -0.05) is 60.7 Å². The molecule has 5 aromatic rings. The number of imide groups is 1. The summed E-state index contributed by atoms with van der Waals surface area (Å²) in [6, 6.07) is 36.6. The van der Waals surface area contributed by atoms with Crippen LogP contribution < -0.4 is 10.2 Å². The van der Waals surface area contributed by atoms with Crippen molar-refractivity contribution in [2.45, 2.75) is 35.8 Å². The maximum atomic E-state index is 13.3. The SMILES string of the molecule is O=C(CCC(=O)OCC(=O)c1ccc2c(c1)Cc1ccccc1-2)Nc1cccc(S[C@@H]2CC(=O)N(c3ccc(N=Nc4ccccc4)cc3)C2=O)c1. The Bertz CT molecular complexity index is 2220. The molecule has 3 amide bonds. The van der Waals surface area contributed by atoms with E-state index in [2.05, 4.69) is 27.7 Å². The number of carbonyl (C=O) groups is 5. The van der Waals surface area contributed by atoms with Gasteiger partial charge in [0.05, 0.1) is 28.7 Å². The molecule has 0 bridgehead atoms. The summed E-state index contributed by atoms with van der Waals surface area (Å²) in [7, 11) is 0. The quantitative estimate of drug-likeness (QED) is 0.0586. The number of carbonyl (C=O) groups excluding carboxylic acids is 5. The fraction of sp³-hybridized carbons (Fsp3) is 0.146. The molecule has 11 heteroatoms. The molecule has 0 aromatic heterocycles. The van der Waals surface area contributed by atoms with Gasteiger partial charge >= 0.3 is 5.97 Å². The van der Waals surface area contributed by atoms with Crippen molar-refractivity contribution in [1.82, 2.24) is 0 Å². The van der Waals surface area contributed by atoms with Crippen molar-refractivity contribution >= 4 is 64.0 Å². The number of rotatable bonds is 12. The number of benzene rings is 5. The first-order valence-corrected chi connectivity index (χ1v) is 17.6. The summed E-state index contributed by atoms with van der Waals surface area (Å²) in [5.74, 6) is -2.01. The smallest absolute Gasteiger partial charge is 0.306 e. The molecule has 0 spiro atoms. The van der Waals surface area contributed by atoms with Crippen LogP contribution in [0.15, 0.2) is 136 Å². The van der Waals surface area contributed by atoms with Gasteiger partial charge in [-0.15, -0.1) is 11.8 Å². The van der Waals surface area contributed by atoms with Crippen LogP contribution in [0.2, 0.25) is 0 Å². The average Bonchev–Trinajstić information content (AvgIpc) is 3.67. The summed E-state index contributed by atoms with van der Waals surface area (Å²) in [5, 5.41) is 10.5. The molecule has 1 N–H and O–H groups in total. The third kappa shape index (κ3) is 7.90.